The highest BCUT2D eigenvalue weighted by Crippen LogP contribution is 2.42. The Morgan fingerprint density at radius 1 is 1.19 bits per heavy atom. The number of hydrogen-bond acceptors (Lipinski definition) is 7. The first-order valence-electron chi connectivity index (χ1n) is 10.1. The molecule has 0 bridgehead atoms. The van der Waals surface area contributed by atoms with Gasteiger partial charge in [0.1, 0.15) is 11.5 Å². The Labute approximate surface area is 182 Å². The van der Waals surface area contributed by atoms with Gasteiger partial charge in [0.2, 0.25) is 0 Å². The first-order chi connectivity index (χ1) is 14.5. The van der Waals surface area contributed by atoms with E-state index in [1.807, 2.05) is 27.7 Å². The summed E-state index contributed by atoms with van der Waals surface area (Å²) in [5.41, 5.74) is 4.45. The molecule has 2 aromatic rings. The minimum atomic E-state index is -4.11. The zero-order chi connectivity index (χ0) is 23.2. The van der Waals surface area contributed by atoms with E-state index in [1.165, 1.54) is 0 Å². The quantitative estimate of drug-likeness (QED) is 0.408. The maximum absolute atomic E-state index is 12.1. The van der Waals surface area contributed by atoms with Crippen LogP contribution in [-0.4, -0.2) is 40.5 Å². The molecule has 0 amide bonds. The van der Waals surface area contributed by atoms with E-state index in [1.54, 1.807) is 31.2 Å². The van der Waals surface area contributed by atoms with E-state index in [-0.39, 0.29) is 18.3 Å². The van der Waals surface area contributed by atoms with Crippen LogP contribution in [0.15, 0.2) is 24.3 Å². The lowest BCUT2D eigenvalue weighted by Crippen LogP contribution is -2.13. The highest BCUT2D eigenvalue weighted by Gasteiger charge is 2.23. The fourth-order valence-electron chi connectivity index (χ4n) is 3.08. The van der Waals surface area contributed by atoms with Crippen molar-refractivity contribution in [3.05, 3.63) is 52.3 Å². The molecule has 0 saturated heterocycles. The number of pyridine rings is 1. The average Bonchev–Trinajstić information content (AvgIpc) is 2.69. The Kier molecular flexibility index (Phi) is 8.62. The second kappa shape index (κ2) is 10.8. The summed E-state index contributed by atoms with van der Waals surface area (Å²) in [6.07, 6.45) is 0.000981. The molecule has 0 radical (unpaired) electrons. The third-order valence-electron chi connectivity index (χ3n) is 4.62. The minimum absolute atomic E-state index is 0.109. The minimum Gasteiger partial charge on any atom is -0.506 e. The first-order valence-corrected chi connectivity index (χ1v) is 11.8. The highest BCUT2D eigenvalue weighted by atomic mass is 31.2. The van der Waals surface area contributed by atoms with Crippen LogP contribution in [-0.2, 0) is 25.0 Å². The highest BCUT2D eigenvalue weighted by molar-refractivity contribution is 7.52. The summed E-state index contributed by atoms with van der Waals surface area (Å²) in [6.45, 7) is 8.99. The molecule has 0 fully saturated rings. The molecular weight excluding hydrogens is 421 g/mol. The summed E-state index contributed by atoms with van der Waals surface area (Å²) < 4.78 is 26.9. The van der Waals surface area contributed by atoms with Gasteiger partial charge in [-0.3, -0.25) is 14.1 Å². The Morgan fingerprint density at radius 2 is 1.84 bits per heavy atom. The summed E-state index contributed by atoms with van der Waals surface area (Å²) in [4.78, 5) is 25.7. The van der Waals surface area contributed by atoms with E-state index in [9.17, 15) is 19.4 Å². The lowest BCUT2D eigenvalue weighted by molar-refractivity contribution is -0.145. The molecule has 31 heavy (non-hydrogen) atoms. The van der Waals surface area contributed by atoms with Crippen LogP contribution in [0.25, 0.3) is 0 Å². The lowest BCUT2D eigenvalue weighted by Gasteiger charge is -2.16. The molecule has 9 heteroatoms. The van der Waals surface area contributed by atoms with Gasteiger partial charge in [-0.05, 0) is 67.6 Å². The zero-order valence-electron chi connectivity index (χ0n) is 18.5. The number of benzene rings is 1. The molecule has 170 valence electrons. The Morgan fingerprint density at radius 3 is 2.42 bits per heavy atom. The lowest BCUT2D eigenvalue weighted by atomic mass is 9.97. The summed E-state index contributed by atoms with van der Waals surface area (Å²) in [5, 5.41) is 9.98. The SMILES string of the molecule is CCOC(=O)COP(=O)(O)COc1cc(C)c(Cc2ccc(O)c(C(C)C)n2)c(C)c1. The topological polar surface area (TPSA) is 115 Å². The number of carbonyl (C=O) groups excluding carboxylic acids is 1. The van der Waals surface area contributed by atoms with Crippen LogP contribution in [0.5, 0.6) is 11.5 Å². The molecule has 1 unspecified atom stereocenters. The summed E-state index contributed by atoms with van der Waals surface area (Å²) in [7, 11) is -4.11. The maximum atomic E-state index is 12.1. The van der Waals surface area contributed by atoms with Crippen molar-refractivity contribution in [2.45, 2.75) is 47.0 Å². The number of aromatic hydroxyl groups is 1. The van der Waals surface area contributed by atoms with Crippen LogP contribution >= 0.6 is 7.60 Å². The van der Waals surface area contributed by atoms with Gasteiger partial charge in [-0.25, -0.2) is 4.79 Å². The number of rotatable bonds is 10. The van der Waals surface area contributed by atoms with E-state index in [0.29, 0.717) is 17.9 Å². The van der Waals surface area contributed by atoms with Crippen molar-refractivity contribution in [1.82, 2.24) is 4.98 Å². The number of esters is 1. The van der Waals surface area contributed by atoms with Gasteiger partial charge < -0.3 is 19.5 Å². The van der Waals surface area contributed by atoms with Crippen molar-refractivity contribution in [2.75, 3.05) is 19.6 Å². The molecule has 0 saturated carbocycles. The molecule has 1 aromatic carbocycles. The van der Waals surface area contributed by atoms with E-state index in [2.05, 4.69) is 9.72 Å². The number of nitrogens with zero attached hydrogens (tertiary/aromatic N) is 1. The van der Waals surface area contributed by atoms with E-state index >= 15 is 0 Å². The monoisotopic (exact) mass is 451 g/mol. The summed E-state index contributed by atoms with van der Waals surface area (Å²) in [5.74, 6) is 0.0123. The number of carbonyl (C=O) groups is 1. The van der Waals surface area contributed by atoms with Crippen LogP contribution in [0.2, 0.25) is 0 Å². The Bertz CT molecular complexity index is 951. The molecule has 1 heterocycles. The number of ether oxygens (including phenoxy) is 2. The molecule has 1 atom stereocenters. The van der Waals surface area contributed by atoms with Crippen molar-refractivity contribution >= 4 is 13.6 Å². The van der Waals surface area contributed by atoms with Crippen LogP contribution < -0.4 is 4.74 Å². The van der Waals surface area contributed by atoms with Gasteiger partial charge in [-0.1, -0.05) is 13.8 Å². The smallest absolute Gasteiger partial charge is 0.365 e. The van der Waals surface area contributed by atoms with E-state index in [4.69, 9.17) is 9.26 Å². The molecule has 0 spiro atoms. The predicted molar refractivity (Wildman–Crippen MR) is 117 cm³/mol. The van der Waals surface area contributed by atoms with Crippen molar-refractivity contribution in [1.29, 1.82) is 0 Å². The molecule has 0 aliphatic carbocycles. The number of aryl methyl sites for hydroxylation is 2. The Hall–Kier alpha value is -2.41. The van der Waals surface area contributed by atoms with Crippen molar-refractivity contribution in [3.8, 4) is 11.5 Å². The predicted octanol–water partition coefficient (Wildman–Crippen LogP) is 4.22. The second-order valence-corrected chi connectivity index (χ2v) is 9.35. The van der Waals surface area contributed by atoms with Crippen LogP contribution in [0.1, 0.15) is 54.8 Å². The van der Waals surface area contributed by atoms with Crippen molar-refractivity contribution in [3.63, 3.8) is 0 Å². The normalized spacial score (nSPS) is 13.1. The van der Waals surface area contributed by atoms with Crippen molar-refractivity contribution in [2.24, 2.45) is 0 Å². The van der Waals surface area contributed by atoms with Gasteiger partial charge in [-0.15, -0.1) is 0 Å². The molecule has 1 aromatic heterocycles. The average molecular weight is 451 g/mol. The molecule has 2 N–H and O–H groups in total. The fraction of sp³-hybridized carbons (Fsp3) is 0.455. The zero-order valence-corrected chi connectivity index (χ0v) is 19.4. The van der Waals surface area contributed by atoms with Gasteiger partial charge in [0.15, 0.2) is 13.0 Å². The molecule has 2 rings (SSSR count). The van der Waals surface area contributed by atoms with E-state index in [0.717, 1.165) is 22.4 Å². The van der Waals surface area contributed by atoms with Gasteiger partial charge in [-0.2, -0.15) is 0 Å². The maximum Gasteiger partial charge on any atom is 0.365 e. The first kappa shape index (κ1) is 24.9. The van der Waals surface area contributed by atoms with Crippen molar-refractivity contribution < 1.29 is 33.4 Å². The molecule has 8 nitrogen and oxygen atoms in total. The van der Waals surface area contributed by atoms with Crippen LogP contribution in [0.4, 0.5) is 0 Å². The van der Waals surface area contributed by atoms with Gasteiger partial charge in [0, 0.05) is 12.1 Å². The standard InChI is InChI=1S/C22H30NO7P/c1-6-28-21(25)12-30-31(26,27)13-29-18-9-15(4)19(16(5)10-18)11-17-7-8-20(24)22(23-17)14(2)3/h7-10,14,24H,6,11-13H2,1-5H3,(H,26,27). The largest absolute Gasteiger partial charge is 0.506 e. The molecular formula is C22H30NO7P. The third kappa shape index (κ3) is 7.35. The van der Waals surface area contributed by atoms with E-state index < -0.39 is 26.5 Å². The van der Waals surface area contributed by atoms with Gasteiger partial charge in [0.05, 0.1) is 12.3 Å². The molecule has 0 aliphatic heterocycles. The number of hydrogen-bond donors (Lipinski definition) is 2. The summed E-state index contributed by atoms with van der Waals surface area (Å²) >= 11 is 0. The number of aromatic nitrogens is 1. The third-order valence-corrected chi connectivity index (χ3v) is 5.61. The summed E-state index contributed by atoms with van der Waals surface area (Å²) in [6, 6.07) is 7.01. The van der Waals surface area contributed by atoms with Gasteiger partial charge in [0.25, 0.3) is 0 Å². The van der Waals surface area contributed by atoms with Crippen LogP contribution in [0, 0.1) is 13.8 Å². The van der Waals surface area contributed by atoms with Crippen LogP contribution in [0.3, 0.4) is 0 Å². The second-order valence-electron chi connectivity index (χ2n) is 7.56. The van der Waals surface area contributed by atoms with Gasteiger partial charge >= 0.3 is 13.6 Å². The molecule has 0 aliphatic rings. The fourth-order valence-corrected chi connectivity index (χ4v) is 3.77. The Balaban J connectivity index is 2.08.